The van der Waals surface area contributed by atoms with Crippen molar-refractivity contribution >= 4 is 5.91 Å². The minimum absolute atomic E-state index is 0.137. The van der Waals surface area contributed by atoms with Crippen LogP contribution >= 0.6 is 0 Å². The van der Waals surface area contributed by atoms with Gasteiger partial charge in [-0.25, -0.2) is 0 Å². The molecule has 1 aliphatic heterocycles. The first-order valence-corrected chi connectivity index (χ1v) is 3.22. The van der Waals surface area contributed by atoms with Crippen LogP contribution in [0.2, 0.25) is 0 Å². The molecule has 0 atom stereocenters. The van der Waals surface area contributed by atoms with Crippen LogP contribution < -0.4 is 0 Å². The summed E-state index contributed by atoms with van der Waals surface area (Å²) in [6.07, 6.45) is 0.854. The predicted molar refractivity (Wildman–Crippen MR) is 36.0 cm³/mol. The second kappa shape index (κ2) is 2.21. The summed E-state index contributed by atoms with van der Waals surface area (Å²) < 4.78 is 0. The molecular weight excluding hydrogens is 114 g/mol. The molecule has 0 aromatic rings. The Morgan fingerprint density at radius 3 is 2.67 bits per heavy atom. The first kappa shape index (κ1) is 6.33. The zero-order valence-electron chi connectivity index (χ0n) is 5.68. The second-order valence-corrected chi connectivity index (χ2v) is 2.24. The van der Waals surface area contributed by atoms with Crippen molar-refractivity contribution in [2.24, 2.45) is 0 Å². The van der Waals surface area contributed by atoms with E-state index >= 15 is 0 Å². The average Bonchev–Trinajstić information content (AvgIpc) is 2.15. The zero-order valence-corrected chi connectivity index (χ0v) is 5.68. The molecule has 50 valence electrons. The normalized spacial score (nSPS) is 19.4. The van der Waals surface area contributed by atoms with Crippen molar-refractivity contribution < 1.29 is 4.79 Å². The molecule has 1 aliphatic rings. The number of likely N-dealkylation sites (N-methyl/N-ethyl adjacent to an activating group) is 1. The summed E-state index contributed by atoms with van der Waals surface area (Å²) in [5.74, 6) is 0.137. The Labute approximate surface area is 55.2 Å². The Balaban J connectivity index is 2.62. The Morgan fingerprint density at radius 1 is 1.78 bits per heavy atom. The van der Waals surface area contributed by atoms with E-state index in [0.29, 0.717) is 0 Å². The number of hydrogen-bond donors (Lipinski definition) is 0. The van der Waals surface area contributed by atoms with Gasteiger partial charge < -0.3 is 4.90 Å². The van der Waals surface area contributed by atoms with Crippen molar-refractivity contribution in [1.82, 2.24) is 4.90 Å². The molecule has 0 bridgehead atoms. The summed E-state index contributed by atoms with van der Waals surface area (Å²) in [4.78, 5) is 12.8. The van der Waals surface area contributed by atoms with E-state index in [4.69, 9.17) is 0 Å². The van der Waals surface area contributed by atoms with Gasteiger partial charge in [-0.3, -0.25) is 4.79 Å². The molecule has 0 N–H and O–H groups in total. The maximum atomic E-state index is 11.0. The first-order valence-electron chi connectivity index (χ1n) is 3.22. The summed E-state index contributed by atoms with van der Waals surface area (Å²) in [6.45, 7) is 7.31. The van der Waals surface area contributed by atoms with Gasteiger partial charge in [-0.1, -0.05) is 6.58 Å². The molecule has 0 unspecified atom stereocenters. The third kappa shape index (κ3) is 0.969. The van der Waals surface area contributed by atoms with Crippen molar-refractivity contribution in [3.05, 3.63) is 12.2 Å². The van der Waals surface area contributed by atoms with Crippen LogP contribution in [0, 0.1) is 0 Å². The number of nitrogens with zero attached hydrogens (tertiary/aromatic N) is 1. The summed E-state index contributed by atoms with van der Waals surface area (Å²) in [5, 5.41) is 0. The fourth-order valence-corrected chi connectivity index (χ4v) is 1.00. The van der Waals surface area contributed by atoms with Crippen LogP contribution in [0.1, 0.15) is 13.3 Å². The fraction of sp³-hybridized carbons (Fsp3) is 0.571. The maximum Gasteiger partial charge on any atom is 0.249 e. The van der Waals surface area contributed by atoms with E-state index in [1.807, 2.05) is 11.8 Å². The molecule has 0 aromatic carbocycles. The van der Waals surface area contributed by atoms with E-state index < -0.39 is 0 Å². The van der Waals surface area contributed by atoms with Gasteiger partial charge in [0.15, 0.2) is 0 Å². The molecule has 0 spiro atoms. The van der Waals surface area contributed by atoms with Crippen molar-refractivity contribution in [2.45, 2.75) is 13.3 Å². The molecule has 0 aliphatic carbocycles. The standard InChI is InChI=1S/C7H11NO/c1-3-8-5-4-6(2)7(8)9/h2-5H2,1H3. The summed E-state index contributed by atoms with van der Waals surface area (Å²) in [7, 11) is 0. The minimum Gasteiger partial charge on any atom is -0.339 e. The summed E-state index contributed by atoms with van der Waals surface area (Å²) in [5.41, 5.74) is 0.761. The molecule has 0 radical (unpaired) electrons. The van der Waals surface area contributed by atoms with Crippen molar-refractivity contribution in [3.8, 4) is 0 Å². The Hall–Kier alpha value is -0.790. The number of likely N-dealkylation sites (tertiary alicyclic amines) is 1. The van der Waals surface area contributed by atoms with Crippen molar-refractivity contribution in [1.29, 1.82) is 0 Å². The molecule has 2 heteroatoms. The highest BCUT2D eigenvalue weighted by Gasteiger charge is 2.21. The lowest BCUT2D eigenvalue weighted by Crippen LogP contribution is -2.24. The van der Waals surface area contributed by atoms with Crippen LogP contribution in [-0.2, 0) is 4.79 Å². The number of hydrogen-bond acceptors (Lipinski definition) is 1. The van der Waals surface area contributed by atoms with E-state index in [1.54, 1.807) is 0 Å². The Kier molecular flexibility index (Phi) is 1.56. The number of amides is 1. The Bertz CT molecular complexity index is 151. The highest BCUT2D eigenvalue weighted by molar-refractivity contribution is 5.94. The first-order chi connectivity index (χ1) is 4.25. The molecule has 1 amide bonds. The lowest BCUT2D eigenvalue weighted by atomic mass is 10.3. The van der Waals surface area contributed by atoms with Crippen LogP contribution in [0.4, 0.5) is 0 Å². The van der Waals surface area contributed by atoms with Crippen LogP contribution in [0.15, 0.2) is 12.2 Å². The third-order valence-corrected chi connectivity index (χ3v) is 1.65. The van der Waals surface area contributed by atoms with Gasteiger partial charge in [-0.2, -0.15) is 0 Å². The predicted octanol–water partition coefficient (Wildman–Crippen LogP) is 0.795. The van der Waals surface area contributed by atoms with Crippen molar-refractivity contribution in [3.63, 3.8) is 0 Å². The Morgan fingerprint density at radius 2 is 2.44 bits per heavy atom. The highest BCUT2D eigenvalue weighted by Crippen LogP contribution is 2.13. The topological polar surface area (TPSA) is 20.3 Å². The molecule has 2 nitrogen and oxygen atoms in total. The number of carbonyl (C=O) groups excluding carboxylic acids is 1. The molecule has 1 rings (SSSR count). The van der Waals surface area contributed by atoms with Gasteiger partial charge in [-0.15, -0.1) is 0 Å². The van der Waals surface area contributed by atoms with Crippen LogP contribution in [-0.4, -0.2) is 23.9 Å². The highest BCUT2D eigenvalue weighted by atomic mass is 16.2. The molecule has 0 aromatic heterocycles. The van der Waals surface area contributed by atoms with Gasteiger partial charge >= 0.3 is 0 Å². The van der Waals surface area contributed by atoms with E-state index in [0.717, 1.165) is 25.1 Å². The molecule has 0 saturated carbocycles. The zero-order chi connectivity index (χ0) is 6.85. The molecular formula is C7H11NO. The smallest absolute Gasteiger partial charge is 0.249 e. The SMILES string of the molecule is C=C1CCN(CC)C1=O. The quantitative estimate of drug-likeness (QED) is 0.474. The minimum atomic E-state index is 0.137. The molecule has 1 fully saturated rings. The van der Waals surface area contributed by atoms with E-state index in [-0.39, 0.29) is 5.91 Å². The maximum absolute atomic E-state index is 11.0. The van der Waals surface area contributed by atoms with E-state index in [2.05, 4.69) is 6.58 Å². The van der Waals surface area contributed by atoms with Crippen LogP contribution in [0.3, 0.4) is 0 Å². The largest absolute Gasteiger partial charge is 0.339 e. The molecule has 1 heterocycles. The van der Waals surface area contributed by atoms with E-state index in [1.165, 1.54) is 0 Å². The lowest BCUT2D eigenvalue weighted by Gasteiger charge is -2.09. The molecule has 9 heavy (non-hydrogen) atoms. The van der Waals surface area contributed by atoms with Gasteiger partial charge in [0, 0.05) is 18.7 Å². The van der Waals surface area contributed by atoms with Gasteiger partial charge in [0.25, 0.3) is 0 Å². The summed E-state index contributed by atoms with van der Waals surface area (Å²) >= 11 is 0. The third-order valence-electron chi connectivity index (χ3n) is 1.65. The average molecular weight is 125 g/mol. The van der Waals surface area contributed by atoms with Gasteiger partial charge in [-0.05, 0) is 13.3 Å². The van der Waals surface area contributed by atoms with Gasteiger partial charge in [0.1, 0.15) is 0 Å². The summed E-state index contributed by atoms with van der Waals surface area (Å²) in [6, 6.07) is 0. The van der Waals surface area contributed by atoms with Gasteiger partial charge in [0.2, 0.25) is 5.91 Å². The number of rotatable bonds is 1. The monoisotopic (exact) mass is 125 g/mol. The fourth-order valence-electron chi connectivity index (χ4n) is 1.00. The number of carbonyl (C=O) groups is 1. The van der Waals surface area contributed by atoms with Crippen LogP contribution in [0.5, 0.6) is 0 Å². The second-order valence-electron chi connectivity index (χ2n) is 2.24. The van der Waals surface area contributed by atoms with Gasteiger partial charge in [0.05, 0.1) is 0 Å². The van der Waals surface area contributed by atoms with E-state index in [9.17, 15) is 4.79 Å². The van der Waals surface area contributed by atoms with Crippen LogP contribution in [0.25, 0.3) is 0 Å². The lowest BCUT2D eigenvalue weighted by molar-refractivity contribution is -0.124. The molecule has 1 saturated heterocycles. The van der Waals surface area contributed by atoms with Crippen molar-refractivity contribution in [2.75, 3.05) is 13.1 Å².